The molecule has 1 N–H and O–H groups in total. The van der Waals surface area contributed by atoms with Crippen LogP contribution in [-0.2, 0) is 11.3 Å². The van der Waals surface area contributed by atoms with Gasteiger partial charge in [-0.3, -0.25) is 9.48 Å². The van der Waals surface area contributed by atoms with Crippen molar-refractivity contribution in [2.45, 2.75) is 26.4 Å². The predicted molar refractivity (Wildman–Crippen MR) is 84.6 cm³/mol. The number of carbonyl (C=O) groups is 1. The third-order valence-electron chi connectivity index (χ3n) is 2.94. The van der Waals surface area contributed by atoms with E-state index in [0.29, 0.717) is 6.54 Å². The monoisotopic (exact) mass is 294 g/mol. The highest BCUT2D eigenvalue weighted by Crippen LogP contribution is 2.08. The summed E-state index contributed by atoms with van der Waals surface area (Å²) in [5.41, 5.74) is 1.94. The lowest BCUT2D eigenvalue weighted by Gasteiger charge is -2.06. The van der Waals surface area contributed by atoms with Crippen molar-refractivity contribution in [3.05, 3.63) is 59.4 Å². The molecule has 0 spiro atoms. The van der Waals surface area contributed by atoms with Gasteiger partial charge in [-0.05, 0) is 25.5 Å². The van der Waals surface area contributed by atoms with E-state index >= 15 is 0 Å². The Labute approximate surface area is 129 Å². The van der Waals surface area contributed by atoms with Crippen LogP contribution in [-0.4, -0.2) is 21.7 Å². The first-order valence-electron chi connectivity index (χ1n) is 7.07. The van der Waals surface area contributed by atoms with Crippen LogP contribution in [0.3, 0.4) is 0 Å². The molecule has 0 saturated heterocycles. The van der Waals surface area contributed by atoms with Crippen molar-refractivity contribution in [3.8, 4) is 6.07 Å². The van der Waals surface area contributed by atoms with Gasteiger partial charge >= 0.3 is 0 Å². The van der Waals surface area contributed by atoms with Crippen molar-refractivity contribution in [2.24, 2.45) is 0 Å². The van der Waals surface area contributed by atoms with Gasteiger partial charge in [-0.2, -0.15) is 10.4 Å². The van der Waals surface area contributed by atoms with E-state index in [2.05, 4.69) is 10.4 Å². The minimum atomic E-state index is -0.367. The maximum absolute atomic E-state index is 11.9. The Morgan fingerprint density at radius 2 is 2.14 bits per heavy atom. The van der Waals surface area contributed by atoms with Crippen molar-refractivity contribution in [3.63, 3.8) is 0 Å². The third kappa shape index (κ3) is 4.32. The molecular weight excluding hydrogens is 276 g/mol. The molecule has 1 amide bonds. The quantitative estimate of drug-likeness (QED) is 0.679. The summed E-state index contributed by atoms with van der Waals surface area (Å²) in [6.45, 7) is 4.35. The van der Waals surface area contributed by atoms with Crippen molar-refractivity contribution in [1.29, 1.82) is 5.26 Å². The van der Waals surface area contributed by atoms with Crippen molar-refractivity contribution in [1.82, 2.24) is 15.1 Å². The van der Waals surface area contributed by atoms with Crippen molar-refractivity contribution in [2.75, 3.05) is 0 Å². The Morgan fingerprint density at radius 1 is 1.41 bits per heavy atom. The number of nitrogens with zero attached hydrogens (tertiary/aromatic N) is 3. The van der Waals surface area contributed by atoms with Crippen LogP contribution in [0, 0.1) is 11.3 Å². The van der Waals surface area contributed by atoms with E-state index in [9.17, 15) is 4.79 Å². The maximum Gasteiger partial charge on any atom is 0.262 e. The highest BCUT2D eigenvalue weighted by Gasteiger charge is 2.10. The molecule has 0 radical (unpaired) electrons. The van der Waals surface area contributed by atoms with Gasteiger partial charge in [-0.1, -0.05) is 30.3 Å². The molecule has 0 fully saturated rings. The lowest BCUT2D eigenvalue weighted by atomic mass is 10.2. The van der Waals surface area contributed by atoms with Gasteiger partial charge in [0, 0.05) is 17.8 Å². The number of benzene rings is 1. The molecule has 1 aromatic heterocycles. The van der Waals surface area contributed by atoms with Crippen LogP contribution in [0.5, 0.6) is 0 Å². The highest BCUT2D eigenvalue weighted by atomic mass is 16.1. The number of rotatable bonds is 5. The van der Waals surface area contributed by atoms with E-state index < -0.39 is 0 Å². The molecule has 1 heterocycles. The van der Waals surface area contributed by atoms with Crippen molar-refractivity contribution >= 4 is 12.0 Å². The first-order valence-corrected chi connectivity index (χ1v) is 7.07. The summed E-state index contributed by atoms with van der Waals surface area (Å²) in [7, 11) is 0. The fraction of sp³-hybridized carbons (Fsp3) is 0.235. The van der Waals surface area contributed by atoms with Crippen LogP contribution in [0.1, 0.15) is 25.0 Å². The van der Waals surface area contributed by atoms with Crippen LogP contribution < -0.4 is 5.32 Å². The van der Waals surface area contributed by atoms with Gasteiger partial charge in [-0.25, -0.2) is 0 Å². The zero-order valence-electron chi connectivity index (χ0n) is 12.7. The molecule has 2 rings (SSSR count). The van der Waals surface area contributed by atoms with E-state index in [4.69, 9.17) is 5.26 Å². The maximum atomic E-state index is 11.9. The number of hydrogen-bond acceptors (Lipinski definition) is 3. The number of hydrogen-bond donors (Lipinski definition) is 1. The molecule has 0 unspecified atom stereocenters. The van der Waals surface area contributed by atoms with Crippen LogP contribution in [0.4, 0.5) is 0 Å². The summed E-state index contributed by atoms with van der Waals surface area (Å²) in [6, 6.07) is 11.9. The third-order valence-corrected chi connectivity index (χ3v) is 2.94. The minimum absolute atomic E-state index is 0.00921. The van der Waals surface area contributed by atoms with Gasteiger partial charge in [0.25, 0.3) is 5.91 Å². The van der Waals surface area contributed by atoms with Crippen molar-refractivity contribution < 1.29 is 4.79 Å². The molecule has 22 heavy (non-hydrogen) atoms. The number of nitrogens with one attached hydrogen (secondary N) is 1. The molecule has 5 nitrogen and oxygen atoms in total. The molecule has 1 aromatic carbocycles. The number of carbonyl (C=O) groups excluding carboxylic acids is 1. The summed E-state index contributed by atoms with van der Waals surface area (Å²) in [4.78, 5) is 11.9. The smallest absolute Gasteiger partial charge is 0.262 e. The summed E-state index contributed by atoms with van der Waals surface area (Å²) < 4.78 is 1.77. The molecule has 0 bridgehead atoms. The fourth-order valence-electron chi connectivity index (χ4n) is 1.97. The Balaban J connectivity index is 2.12. The molecule has 0 aliphatic heterocycles. The second kappa shape index (κ2) is 7.23. The zero-order valence-corrected chi connectivity index (χ0v) is 12.7. The Morgan fingerprint density at radius 3 is 2.77 bits per heavy atom. The minimum Gasteiger partial charge on any atom is -0.349 e. The van der Waals surface area contributed by atoms with Gasteiger partial charge in [0.1, 0.15) is 11.6 Å². The fourth-order valence-corrected chi connectivity index (χ4v) is 1.97. The van der Waals surface area contributed by atoms with Gasteiger partial charge in [0.05, 0.1) is 12.7 Å². The predicted octanol–water partition coefficient (Wildman–Crippen LogP) is 2.36. The molecular formula is C17H18N4O. The average molecular weight is 294 g/mol. The summed E-state index contributed by atoms with van der Waals surface area (Å²) in [5.74, 6) is -0.367. The van der Waals surface area contributed by atoms with Crippen LogP contribution in [0.15, 0.2) is 48.3 Å². The average Bonchev–Trinajstić information content (AvgIpc) is 2.92. The van der Waals surface area contributed by atoms with Gasteiger partial charge < -0.3 is 5.32 Å². The second-order valence-electron chi connectivity index (χ2n) is 5.25. The first-order chi connectivity index (χ1) is 10.6. The number of aromatic nitrogens is 2. The highest BCUT2D eigenvalue weighted by molar-refractivity contribution is 6.01. The van der Waals surface area contributed by atoms with Crippen LogP contribution in [0.2, 0.25) is 0 Å². The summed E-state index contributed by atoms with van der Waals surface area (Å²) >= 11 is 0. The topological polar surface area (TPSA) is 70.7 Å². The Kier molecular flexibility index (Phi) is 5.10. The molecule has 0 aliphatic carbocycles. The lowest BCUT2D eigenvalue weighted by molar-refractivity contribution is -0.117. The number of amides is 1. The van der Waals surface area contributed by atoms with Crippen LogP contribution >= 0.6 is 0 Å². The van der Waals surface area contributed by atoms with Gasteiger partial charge in [0.2, 0.25) is 0 Å². The van der Waals surface area contributed by atoms with Crippen LogP contribution in [0.25, 0.3) is 6.08 Å². The standard InChI is InChI=1S/C17H18N4O/c1-13(2)20-17(22)16(9-18)8-15-10-19-21(12-15)11-14-6-4-3-5-7-14/h3-8,10,12-13H,11H2,1-2H3,(H,20,22)/b16-8+. The summed E-state index contributed by atoms with van der Waals surface area (Å²) in [5, 5.41) is 16.1. The molecule has 0 aliphatic rings. The van der Waals surface area contributed by atoms with Gasteiger partial charge in [-0.15, -0.1) is 0 Å². The summed E-state index contributed by atoms with van der Waals surface area (Å²) in [6.07, 6.45) is 5.00. The first kappa shape index (κ1) is 15.5. The Bertz CT molecular complexity index is 708. The second-order valence-corrected chi connectivity index (χ2v) is 5.25. The zero-order chi connectivity index (χ0) is 15.9. The van der Waals surface area contributed by atoms with E-state index in [1.165, 1.54) is 0 Å². The van der Waals surface area contributed by atoms with E-state index in [0.717, 1.165) is 11.1 Å². The SMILES string of the molecule is CC(C)NC(=O)/C(C#N)=C/c1cnn(Cc2ccccc2)c1. The normalized spacial score (nSPS) is 11.3. The largest absolute Gasteiger partial charge is 0.349 e. The number of nitriles is 1. The molecule has 5 heteroatoms. The van der Waals surface area contributed by atoms with E-state index in [-0.39, 0.29) is 17.5 Å². The van der Waals surface area contributed by atoms with E-state index in [1.54, 1.807) is 17.0 Å². The van der Waals surface area contributed by atoms with E-state index in [1.807, 2.05) is 56.4 Å². The molecule has 0 saturated carbocycles. The molecule has 2 aromatic rings. The molecule has 0 atom stereocenters. The Hall–Kier alpha value is -2.87. The lowest BCUT2D eigenvalue weighted by Crippen LogP contribution is -2.30. The van der Waals surface area contributed by atoms with Gasteiger partial charge in [0.15, 0.2) is 0 Å². The molecule has 112 valence electrons.